The van der Waals surface area contributed by atoms with E-state index in [4.69, 9.17) is 4.74 Å². The smallest absolute Gasteiger partial charge is 0.0590 e. The summed E-state index contributed by atoms with van der Waals surface area (Å²) in [7, 11) is 0. The highest BCUT2D eigenvalue weighted by Crippen LogP contribution is 2.24. The van der Waals surface area contributed by atoms with Crippen LogP contribution in [0.2, 0.25) is 0 Å². The summed E-state index contributed by atoms with van der Waals surface area (Å²) in [5.41, 5.74) is 0.394. The van der Waals surface area contributed by atoms with Gasteiger partial charge in [-0.1, -0.05) is 41.5 Å². The van der Waals surface area contributed by atoms with Gasteiger partial charge in [0.2, 0.25) is 0 Å². The fourth-order valence-corrected chi connectivity index (χ4v) is 1.19. The summed E-state index contributed by atoms with van der Waals surface area (Å²) in [5, 5.41) is 3.45. The van der Waals surface area contributed by atoms with Crippen molar-refractivity contribution in [2.75, 3.05) is 26.3 Å². The van der Waals surface area contributed by atoms with Crippen molar-refractivity contribution >= 4 is 0 Å². The summed E-state index contributed by atoms with van der Waals surface area (Å²) < 4.78 is 5.55. The Balaban J connectivity index is 3.28. The molecule has 0 aliphatic carbocycles. The van der Waals surface area contributed by atoms with Gasteiger partial charge in [-0.05, 0) is 30.2 Å². The van der Waals surface area contributed by atoms with Crippen molar-refractivity contribution in [3.05, 3.63) is 0 Å². The number of hydrogen-bond acceptors (Lipinski definition) is 2. The van der Waals surface area contributed by atoms with Crippen LogP contribution >= 0.6 is 0 Å². The largest absolute Gasteiger partial charge is 0.380 e. The van der Waals surface area contributed by atoms with Crippen molar-refractivity contribution in [2.45, 2.75) is 48.0 Å². The van der Waals surface area contributed by atoms with Crippen molar-refractivity contribution in [3.63, 3.8) is 0 Å². The Labute approximate surface area is 102 Å². The maximum Gasteiger partial charge on any atom is 0.0590 e. The Hall–Kier alpha value is -0.0800. The predicted molar refractivity (Wildman–Crippen MR) is 71.8 cm³/mol. The lowest BCUT2D eigenvalue weighted by Gasteiger charge is -2.27. The molecule has 1 N–H and O–H groups in total. The quantitative estimate of drug-likeness (QED) is 0.645. The first-order chi connectivity index (χ1) is 7.34. The second-order valence-corrected chi connectivity index (χ2v) is 6.27. The highest BCUT2D eigenvalue weighted by molar-refractivity contribution is 4.71. The van der Waals surface area contributed by atoms with Crippen molar-refractivity contribution in [2.24, 2.45) is 17.3 Å². The lowest BCUT2D eigenvalue weighted by Crippen LogP contribution is -2.31. The van der Waals surface area contributed by atoms with E-state index in [1.807, 2.05) is 0 Å². The molecule has 0 saturated heterocycles. The fourth-order valence-electron chi connectivity index (χ4n) is 1.19. The molecule has 0 aromatic heterocycles. The second kappa shape index (κ2) is 8.08. The van der Waals surface area contributed by atoms with Gasteiger partial charge in [0, 0.05) is 13.2 Å². The first-order valence-corrected chi connectivity index (χ1v) is 6.62. The SMILES string of the molecule is CC(C)CCOCCNCC(C)C(C)(C)C. The van der Waals surface area contributed by atoms with Gasteiger partial charge < -0.3 is 10.1 Å². The average Bonchev–Trinajstić information content (AvgIpc) is 2.14. The molecule has 1 atom stereocenters. The molecular weight excluding hydrogens is 198 g/mol. The van der Waals surface area contributed by atoms with E-state index in [1.165, 1.54) is 6.42 Å². The zero-order chi connectivity index (χ0) is 12.6. The third-order valence-corrected chi connectivity index (χ3v) is 3.19. The summed E-state index contributed by atoms with van der Waals surface area (Å²) in [6, 6.07) is 0. The van der Waals surface area contributed by atoms with E-state index in [2.05, 4.69) is 46.9 Å². The number of hydrogen-bond donors (Lipinski definition) is 1. The lowest BCUT2D eigenvalue weighted by atomic mass is 9.82. The molecule has 98 valence electrons. The highest BCUT2D eigenvalue weighted by atomic mass is 16.5. The van der Waals surface area contributed by atoms with Gasteiger partial charge in [0.05, 0.1) is 6.61 Å². The summed E-state index contributed by atoms with van der Waals surface area (Å²) in [4.78, 5) is 0. The normalized spacial score (nSPS) is 14.4. The van der Waals surface area contributed by atoms with Gasteiger partial charge in [-0.25, -0.2) is 0 Å². The topological polar surface area (TPSA) is 21.3 Å². The molecule has 0 radical (unpaired) electrons. The van der Waals surface area contributed by atoms with Crippen molar-refractivity contribution in [1.29, 1.82) is 0 Å². The minimum atomic E-state index is 0.394. The third-order valence-electron chi connectivity index (χ3n) is 3.19. The van der Waals surface area contributed by atoms with Gasteiger partial charge >= 0.3 is 0 Å². The molecule has 2 heteroatoms. The molecule has 0 heterocycles. The Kier molecular flexibility index (Phi) is 8.04. The van der Waals surface area contributed by atoms with E-state index >= 15 is 0 Å². The van der Waals surface area contributed by atoms with E-state index in [1.54, 1.807) is 0 Å². The fraction of sp³-hybridized carbons (Fsp3) is 1.00. The molecule has 0 rings (SSSR count). The molecule has 0 spiro atoms. The summed E-state index contributed by atoms with van der Waals surface area (Å²) >= 11 is 0. The molecule has 0 aliphatic rings. The molecule has 0 saturated carbocycles. The molecule has 0 bridgehead atoms. The molecule has 0 aromatic rings. The van der Waals surface area contributed by atoms with Gasteiger partial charge in [-0.2, -0.15) is 0 Å². The monoisotopic (exact) mass is 229 g/mol. The highest BCUT2D eigenvalue weighted by Gasteiger charge is 2.18. The van der Waals surface area contributed by atoms with E-state index in [0.29, 0.717) is 11.3 Å². The number of ether oxygens (including phenoxy) is 1. The molecular formula is C14H31NO. The van der Waals surface area contributed by atoms with Crippen LogP contribution < -0.4 is 5.32 Å². The Morgan fingerprint density at radius 3 is 2.19 bits per heavy atom. The average molecular weight is 229 g/mol. The van der Waals surface area contributed by atoms with E-state index in [-0.39, 0.29) is 0 Å². The summed E-state index contributed by atoms with van der Waals surface area (Å²) in [6.45, 7) is 17.4. The number of rotatable bonds is 8. The van der Waals surface area contributed by atoms with Crippen LogP contribution in [0, 0.1) is 17.3 Å². The first kappa shape index (κ1) is 15.9. The van der Waals surface area contributed by atoms with Gasteiger partial charge in [0.25, 0.3) is 0 Å². The van der Waals surface area contributed by atoms with Crippen LogP contribution in [0.25, 0.3) is 0 Å². The van der Waals surface area contributed by atoms with Gasteiger partial charge in [-0.15, -0.1) is 0 Å². The van der Waals surface area contributed by atoms with Crippen LogP contribution in [0.3, 0.4) is 0 Å². The summed E-state index contributed by atoms with van der Waals surface area (Å²) in [5.74, 6) is 1.44. The Morgan fingerprint density at radius 2 is 1.69 bits per heavy atom. The molecule has 2 nitrogen and oxygen atoms in total. The molecule has 0 aliphatic heterocycles. The van der Waals surface area contributed by atoms with Gasteiger partial charge in [-0.3, -0.25) is 0 Å². The lowest BCUT2D eigenvalue weighted by molar-refractivity contribution is 0.123. The Morgan fingerprint density at radius 1 is 1.06 bits per heavy atom. The van der Waals surface area contributed by atoms with Crippen molar-refractivity contribution in [1.82, 2.24) is 5.32 Å². The zero-order valence-corrected chi connectivity index (χ0v) is 12.1. The molecule has 0 fully saturated rings. The minimum absolute atomic E-state index is 0.394. The van der Waals surface area contributed by atoms with Gasteiger partial charge in [0.15, 0.2) is 0 Å². The summed E-state index contributed by atoms with van der Waals surface area (Å²) in [6.07, 6.45) is 1.17. The van der Waals surface area contributed by atoms with Crippen molar-refractivity contribution < 1.29 is 4.74 Å². The van der Waals surface area contributed by atoms with Crippen molar-refractivity contribution in [3.8, 4) is 0 Å². The molecule has 0 aromatic carbocycles. The number of nitrogens with one attached hydrogen (secondary N) is 1. The second-order valence-electron chi connectivity index (χ2n) is 6.27. The maximum atomic E-state index is 5.55. The van der Waals surface area contributed by atoms with Crippen LogP contribution in [-0.2, 0) is 4.74 Å². The van der Waals surface area contributed by atoms with Crippen LogP contribution in [0.15, 0.2) is 0 Å². The third kappa shape index (κ3) is 9.17. The van der Waals surface area contributed by atoms with Crippen LogP contribution in [0.4, 0.5) is 0 Å². The van der Waals surface area contributed by atoms with E-state index < -0.39 is 0 Å². The first-order valence-electron chi connectivity index (χ1n) is 6.62. The van der Waals surface area contributed by atoms with Crippen LogP contribution in [0.5, 0.6) is 0 Å². The predicted octanol–water partition coefficient (Wildman–Crippen LogP) is 3.32. The standard InChI is InChI=1S/C14H31NO/c1-12(2)7-9-16-10-8-15-11-13(3)14(4,5)6/h12-13,15H,7-11H2,1-6H3. The van der Waals surface area contributed by atoms with E-state index in [0.717, 1.165) is 32.2 Å². The maximum absolute atomic E-state index is 5.55. The minimum Gasteiger partial charge on any atom is -0.380 e. The molecule has 0 amide bonds. The van der Waals surface area contributed by atoms with Crippen LogP contribution in [-0.4, -0.2) is 26.3 Å². The van der Waals surface area contributed by atoms with Crippen LogP contribution in [0.1, 0.15) is 48.0 Å². The molecule has 1 unspecified atom stereocenters. The molecule has 16 heavy (non-hydrogen) atoms. The Bertz CT molecular complexity index is 161. The zero-order valence-electron chi connectivity index (χ0n) is 12.1. The van der Waals surface area contributed by atoms with Gasteiger partial charge in [0.1, 0.15) is 0 Å². The van der Waals surface area contributed by atoms with E-state index in [9.17, 15) is 0 Å².